The minimum absolute atomic E-state index is 0.182. The van der Waals surface area contributed by atoms with E-state index in [0.717, 1.165) is 4.68 Å². The molecule has 0 unspecified atom stereocenters. The summed E-state index contributed by atoms with van der Waals surface area (Å²) in [7, 11) is 0. The van der Waals surface area contributed by atoms with Crippen LogP contribution in [-0.2, 0) is 10.9 Å². The summed E-state index contributed by atoms with van der Waals surface area (Å²) in [6.45, 7) is 8.13. The first-order valence-corrected chi connectivity index (χ1v) is 8.12. The second-order valence-electron chi connectivity index (χ2n) is 6.78. The number of benzene rings is 1. The van der Waals surface area contributed by atoms with E-state index in [-0.39, 0.29) is 11.9 Å². The van der Waals surface area contributed by atoms with Gasteiger partial charge in [-0.25, -0.2) is 9.18 Å². The lowest BCUT2D eigenvalue weighted by Gasteiger charge is -2.19. The molecule has 0 aliphatic rings. The minimum atomic E-state index is -4.76. The predicted molar refractivity (Wildman–Crippen MR) is 89.8 cm³/mol. The van der Waals surface area contributed by atoms with Crippen molar-refractivity contribution in [2.45, 2.75) is 46.4 Å². The number of carbonyl (C=O) groups is 1. The van der Waals surface area contributed by atoms with Gasteiger partial charge in [0.25, 0.3) is 0 Å². The van der Waals surface area contributed by atoms with Crippen LogP contribution in [-0.4, -0.2) is 21.5 Å². The lowest BCUT2D eigenvalue weighted by molar-refractivity contribution is -0.137. The normalized spacial score (nSPS) is 12.2. The summed E-state index contributed by atoms with van der Waals surface area (Å²) in [6, 6.07) is 0.821. The van der Waals surface area contributed by atoms with Crippen molar-refractivity contribution < 1.29 is 31.8 Å². The van der Waals surface area contributed by atoms with Crippen molar-refractivity contribution in [2.24, 2.45) is 0 Å². The van der Waals surface area contributed by atoms with Gasteiger partial charge in [0.15, 0.2) is 11.6 Å². The number of halogens is 5. The van der Waals surface area contributed by atoms with Crippen LogP contribution in [0.1, 0.15) is 37.6 Å². The third kappa shape index (κ3) is 4.71. The SMILES string of the molecule is Cc1c(Oc2c(F)cc(C(F)(F)F)cc2Cl)nn(C(=O)OC(C)(C)C)c1C. The first kappa shape index (κ1) is 21.0. The molecular weight excluding hydrogens is 392 g/mol. The Hall–Kier alpha value is -2.29. The molecule has 0 saturated heterocycles. The van der Waals surface area contributed by atoms with E-state index in [1.54, 1.807) is 34.6 Å². The van der Waals surface area contributed by atoms with Crippen molar-refractivity contribution in [2.75, 3.05) is 0 Å². The lowest BCUT2D eigenvalue weighted by atomic mass is 10.2. The Morgan fingerprint density at radius 3 is 2.26 bits per heavy atom. The quantitative estimate of drug-likeness (QED) is 0.582. The van der Waals surface area contributed by atoms with Gasteiger partial charge in [0.1, 0.15) is 5.60 Å². The fourth-order valence-electron chi connectivity index (χ4n) is 2.05. The average molecular weight is 409 g/mol. The van der Waals surface area contributed by atoms with E-state index in [0.29, 0.717) is 17.3 Å². The number of ether oxygens (including phenoxy) is 2. The Morgan fingerprint density at radius 2 is 1.78 bits per heavy atom. The van der Waals surface area contributed by atoms with Crippen molar-refractivity contribution in [1.82, 2.24) is 9.78 Å². The maximum Gasteiger partial charge on any atom is 0.435 e. The van der Waals surface area contributed by atoms with Crippen LogP contribution >= 0.6 is 11.6 Å². The first-order chi connectivity index (χ1) is 12.2. The lowest BCUT2D eigenvalue weighted by Crippen LogP contribution is -2.28. The van der Waals surface area contributed by atoms with Gasteiger partial charge in [-0.2, -0.15) is 17.9 Å². The van der Waals surface area contributed by atoms with Crippen molar-refractivity contribution in [1.29, 1.82) is 0 Å². The molecule has 0 atom stereocenters. The van der Waals surface area contributed by atoms with E-state index >= 15 is 0 Å². The van der Waals surface area contributed by atoms with Gasteiger partial charge in [-0.1, -0.05) is 11.6 Å². The van der Waals surface area contributed by atoms with Gasteiger partial charge in [-0.3, -0.25) is 0 Å². The van der Waals surface area contributed by atoms with E-state index in [4.69, 9.17) is 21.1 Å². The monoisotopic (exact) mass is 408 g/mol. The number of carbonyl (C=O) groups excluding carboxylic acids is 1. The zero-order valence-electron chi connectivity index (χ0n) is 15.2. The summed E-state index contributed by atoms with van der Waals surface area (Å²) in [5.74, 6) is -2.11. The van der Waals surface area contributed by atoms with E-state index in [2.05, 4.69) is 5.10 Å². The summed E-state index contributed by atoms with van der Waals surface area (Å²) in [5, 5.41) is 3.34. The Bertz CT molecular complexity index is 863. The number of hydrogen-bond donors (Lipinski definition) is 0. The molecule has 2 aromatic rings. The van der Waals surface area contributed by atoms with Gasteiger partial charge in [0.05, 0.1) is 16.3 Å². The van der Waals surface area contributed by atoms with Crippen LogP contribution in [0.2, 0.25) is 5.02 Å². The highest BCUT2D eigenvalue weighted by molar-refractivity contribution is 6.32. The summed E-state index contributed by atoms with van der Waals surface area (Å²) in [6.07, 6.45) is -5.54. The van der Waals surface area contributed by atoms with Gasteiger partial charge < -0.3 is 9.47 Å². The molecule has 27 heavy (non-hydrogen) atoms. The first-order valence-electron chi connectivity index (χ1n) is 7.74. The average Bonchev–Trinajstić information content (AvgIpc) is 2.76. The summed E-state index contributed by atoms with van der Waals surface area (Å²) in [4.78, 5) is 12.2. The van der Waals surface area contributed by atoms with E-state index in [1.807, 2.05) is 0 Å². The van der Waals surface area contributed by atoms with Gasteiger partial charge in [0, 0.05) is 5.56 Å². The van der Waals surface area contributed by atoms with Gasteiger partial charge >= 0.3 is 12.3 Å². The number of hydrogen-bond acceptors (Lipinski definition) is 4. The van der Waals surface area contributed by atoms with E-state index in [9.17, 15) is 22.4 Å². The molecule has 0 fully saturated rings. The van der Waals surface area contributed by atoms with Crippen LogP contribution in [0.25, 0.3) is 0 Å². The molecule has 0 aliphatic heterocycles. The molecule has 0 amide bonds. The van der Waals surface area contributed by atoms with Crippen molar-refractivity contribution in [3.63, 3.8) is 0 Å². The molecule has 2 rings (SSSR count). The number of aromatic nitrogens is 2. The standard InChI is InChI=1S/C17H17ClF4N2O3/c1-8-9(2)24(15(25)27-16(3,4)5)23-14(8)26-13-11(18)6-10(7-12(13)19)17(20,21)22/h6-7H,1-5H3. The Morgan fingerprint density at radius 1 is 1.19 bits per heavy atom. The number of nitrogens with zero attached hydrogens (tertiary/aromatic N) is 2. The topological polar surface area (TPSA) is 53.4 Å². The minimum Gasteiger partial charge on any atom is -0.442 e. The zero-order chi connectivity index (χ0) is 20.7. The van der Waals surface area contributed by atoms with E-state index in [1.165, 1.54) is 0 Å². The highest BCUT2D eigenvalue weighted by Gasteiger charge is 2.33. The predicted octanol–water partition coefficient (Wildman–Crippen LogP) is 5.89. The number of alkyl halides is 3. The summed E-state index contributed by atoms with van der Waals surface area (Å²) in [5.41, 5.74) is -1.28. The fourth-order valence-corrected chi connectivity index (χ4v) is 2.30. The molecule has 1 aromatic heterocycles. The molecule has 10 heteroatoms. The fraction of sp³-hybridized carbons (Fsp3) is 0.412. The highest BCUT2D eigenvalue weighted by atomic mass is 35.5. The molecule has 5 nitrogen and oxygen atoms in total. The van der Waals surface area contributed by atoms with E-state index < -0.39 is 40.0 Å². The molecule has 0 aliphatic carbocycles. The summed E-state index contributed by atoms with van der Waals surface area (Å²) < 4.78 is 63.7. The summed E-state index contributed by atoms with van der Waals surface area (Å²) >= 11 is 5.75. The van der Waals surface area contributed by atoms with Gasteiger partial charge in [-0.15, -0.1) is 5.10 Å². The van der Waals surface area contributed by atoms with Gasteiger partial charge in [0.2, 0.25) is 5.88 Å². The van der Waals surface area contributed by atoms with Crippen molar-refractivity contribution in [3.05, 3.63) is 39.8 Å². The van der Waals surface area contributed by atoms with Crippen molar-refractivity contribution >= 4 is 17.7 Å². The Balaban J connectivity index is 2.39. The molecule has 148 valence electrons. The third-order valence-electron chi connectivity index (χ3n) is 3.46. The van der Waals surface area contributed by atoms with Crippen LogP contribution in [0.5, 0.6) is 11.6 Å². The highest BCUT2D eigenvalue weighted by Crippen LogP contribution is 2.39. The van der Waals surface area contributed by atoms with Crippen molar-refractivity contribution in [3.8, 4) is 11.6 Å². The maximum absolute atomic E-state index is 14.1. The smallest absolute Gasteiger partial charge is 0.435 e. The Labute approximate surface area is 157 Å². The third-order valence-corrected chi connectivity index (χ3v) is 3.74. The molecule has 0 bridgehead atoms. The Kier molecular flexibility index (Phi) is 5.47. The largest absolute Gasteiger partial charge is 0.442 e. The molecule has 0 saturated carbocycles. The van der Waals surface area contributed by atoms with Crippen LogP contribution in [0.4, 0.5) is 22.4 Å². The molecule has 1 heterocycles. The molecule has 0 N–H and O–H groups in total. The van der Waals surface area contributed by atoms with Crippen LogP contribution in [0.15, 0.2) is 12.1 Å². The number of rotatable bonds is 2. The van der Waals surface area contributed by atoms with Gasteiger partial charge in [-0.05, 0) is 46.8 Å². The van der Waals surface area contributed by atoms with Crippen LogP contribution in [0.3, 0.4) is 0 Å². The second-order valence-corrected chi connectivity index (χ2v) is 7.18. The van der Waals surface area contributed by atoms with Crippen LogP contribution in [0, 0.1) is 19.7 Å². The molecular formula is C17H17ClF4N2O3. The zero-order valence-corrected chi connectivity index (χ0v) is 15.9. The maximum atomic E-state index is 14.1. The van der Waals surface area contributed by atoms with Crippen LogP contribution < -0.4 is 4.74 Å². The second kappa shape index (κ2) is 7.03. The molecule has 1 aromatic carbocycles. The molecule has 0 spiro atoms. The molecule has 0 radical (unpaired) electrons.